The first-order chi connectivity index (χ1) is 15.5. The summed E-state index contributed by atoms with van der Waals surface area (Å²) in [6, 6.07) is 7.51. The van der Waals surface area contributed by atoms with Crippen molar-refractivity contribution in [3.05, 3.63) is 42.0 Å². The van der Waals surface area contributed by atoms with Crippen LogP contribution in [-0.2, 0) is 16.1 Å². The van der Waals surface area contributed by atoms with Gasteiger partial charge in [-0.1, -0.05) is 38.1 Å². The number of hydrogen-bond donors (Lipinski definition) is 3. The molecular formula is C27H38O6. The van der Waals surface area contributed by atoms with Crippen LogP contribution in [0.1, 0.15) is 58.4 Å². The number of carbonyl (C=O) groups excluding carboxylic acids is 1. The first-order valence-electron chi connectivity index (χ1n) is 12.0. The Hall–Kier alpha value is -1.73. The first-order valence-corrected chi connectivity index (χ1v) is 12.0. The summed E-state index contributed by atoms with van der Waals surface area (Å²) in [5, 5.41) is 34.1. The van der Waals surface area contributed by atoms with Gasteiger partial charge in [0.2, 0.25) is 0 Å². The summed E-state index contributed by atoms with van der Waals surface area (Å²) in [7, 11) is 1.61. The topological polar surface area (TPSA) is 96.2 Å². The number of aliphatic hydroxyl groups is 3. The Balaban J connectivity index is 1.75. The Morgan fingerprint density at radius 1 is 1.09 bits per heavy atom. The molecule has 1 aromatic carbocycles. The SMILES string of the molecule is C=C1CC[C@H](O)[C@@]2(C)C(=O)[C@H](OCc3ccc(OC)cc3)[C@H]3CC[C@@](O)([C@@H](O)C[C@H]12)C3(C)C. The van der Waals surface area contributed by atoms with E-state index in [1.165, 1.54) is 0 Å². The van der Waals surface area contributed by atoms with Crippen molar-refractivity contribution >= 4 is 5.78 Å². The molecular weight excluding hydrogens is 420 g/mol. The number of ketones is 1. The second-order valence-corrected chi connectivity index (χ2v) is 11.0. The maximum Gasteiger partial charge on any atom is 0.170 e. The quantitative estimate of drug-likeness (QED) is 0.599. The number of Topliss-reactive ketones (excluding diaryl/α,β-unsaturated/α-hetero) is 1. The van der Waals surface area contributed by atoms with Gasteiger partial charge in [-0.3, -0.25) is 4.79 Å². The molecule has 3 saturated carbocycles. The molecule has 3 aliphatic rings. The highest BCUT2D eigenvalue weighted by Crippen LogP contribution is 2.59. The minimum atomic E-state index is -1.34. The largest absolute Gasteiger partial charge is 0.497 e. The van der Waals surface area contributed by atoms with Crippen LogP contribution < -0.4 is 4.74 Å². The van der Waals surface area contributed by atoms with Gasteiger partial charge in [0, 0.05) is 11.3 Å². The molecule has 3 fully saturated rings. The van der Waals surface area contributed by atoms with E-state index in [1.54, 1.807) is 14.0 Å². The highest BCUT2D eigenvalue weighted by Gasteiger charge is 2.65. The van der Waals surface area contributed by atoms with Crippen molar-refractivity contribution in [1.29, 1.82) is 0 Å². The second-order valence-electron chi connectivity index (χ2n) is 11.0. The maximum atomic E-state index is 14.3. The molecule has 0 aromatic heterocycles. The van der Waals surface area contributed by atoms with Gasteiger partial charge in [-0.05, 0) is 62.6 Å². The van der Waals surface area contributed by atoms with E-state index >= 15 is 0 Å². The van der Waals surface area contributed by atoms with Gasteiger partial charge in [-0.25, -0.2) is 0 Å². The van der Waals surface area contributed by atoms with E-state index in [-0.39, 0.29) is 24.7 Å². The van der Waals surface area contributed by atoms with Gasteiger partial charge in [0.25, 0.3) is 0 Å². The van der Waals surface area contributed by atoms with Gasteiger partial charge in [-0.15, -0.1) is 0 Å². The van der Waals surface area contributed by atoms with Crippen molar-refractivity contribution in [1.82, 2.24) is 0 Å². The fraction of sp³-hybridized carbons (Fsp3) is 0.667. The predicted octanol–water partition coefficient (Wildman–Crippen LogP) is 3.41. The molecule has 0 spiro atoms. The molecule has 6 nitrogen and oxygen atoms in total. The smallest absolute Gasteiger partial charge is 0.170 e. The van der Waals surface area contributed by atoms with E-state index < -0.39 is 40.7 Å². The van der Waals surface area contributed by atoms with E-state index in [2.05, 4.69) is 6.58 Å². The lowest BCUT2D eigenvalue weighted by molar-refractivity contribution is -0.163. The zero-order valence-electron chi connectivity index (χ0n) is 20.2. The fourth-order valence-corrected chi connectivity index (χ4v) is 6.71. The van der Waals surface area contributed by atoms with Crippen molar-refractivity contribution in [2.24, 2.45) is 22.7 Å². The summed E-state index contributed by atoms with van der Waals surface area (Å²) in [6.07, 6.45) is -0.449. The third-order valence-electron chi connectivity index (χ3n) is 9.28. The molecule has 3 N–H and O–H groups in total. The van der Waals surface area contributed by atoms with E-state index in [4.69, 9.17) is 9.47 Å². The monoisotopic (exact) mass is 458 g/mol. The number of rotatable bonds is 4. The van der Waals surface area contributed by atoms with Crippen molar-refractivity contribution in [2.75, 3.05) is 7.11 Å². The molecule has 0 amide bonds. The highest BCUT2D eigenvalue weighted by atomic mass is 16.5. The van der Waals surface area contributed by atoms with E-state index in [1.807, 2.05) is 38.1 Å². The van der Waals surface area contributed by atoms with Crippen LogP contribution in [-0.4, -0.2) is 52.1 Å². The van der Waals surface area contributed by atoms with Gasteiger partial charge in [0.15, 0.2) is 5.78 Å². The van der Waals surface area contributed by atoms with Gasteiger partial charge >= 0.3 is 0 Å². The van der Waals surface area contributed by atoms with Crippen molar-refractivity contribution < 1.29 is 29.6 Å². The van der Waals surface area contributed by atoms with Crippen LogP contribution in [0.25, 0.3) is 0 Å². The minimum absolute atomic E-state index is 0.147. The summed E-state index contributed by atoms with van der Waals surface area (Å²) in [5.41, 5.74) is -1.46. The molecule has 6 heteroatoms. The minimum Gasteiger partial charge on any atom is -0.497 e. The van der Waals surface area contributed by atoms with Crippen molar-refractivity contribution in [3.8, 4) is 5.75 Å². The molecule has 7 atom stereocenters. The zero-order chi connectivity index (χ0) is 24.2. The fourth-order valence-electron chi connectivity index (χ4n) is 6.71. The normalized spacial score (nSPS) is 40.5. The number of ether oxygens (including phenoxy) is 2. The highest BCUT2D eigenvalue weighted by molar-refractivity contribution is 5.90. The third-order valence-corrected chi connectivity index (χ3v) is 9.28. The number of methoxy groups -OCH3 is 1. The lowest BCUT2D eigenvalue weighted by Gasteiger charge is -2.47. The molecule has 0 unspecified atom stereocenters. The van der Waals surface area contributed by atoms with E-state index in [9.17, 15) is 20.1 Å². The van der Waals surface area contributed by atoms with Crippen LogP contribution >= 0.6 is 0 Å². The molecule has 4 rings (SSSR count). The summed E-state index contributed by atoms with van der Waals surface area (Å²) in [5.74, 6) is -0.117. The Morgan fingerprint density at radius 3 is 2.39 bits per heavy atom. The standard InChI is InChI=1S/C27H38O6/c1-16-6-11-21(28)26(4)20(16)14-22(29)27(31)13-12-19(25(27,2)3)23(24(26)30)33-15-17-7-9-18(32-5)10-8-17/h7-10,19-23,28-29,31H,1,6,11-15H2,2-5H3/t19-,20-,21+,22+,23-,26+,27-/m1/s1. The molecule has 0 saturated heterocycles. The molecule has 1 aromatic rings. The third kappa shape index (κ3) is 3.66. The lowest BCUT2D eigenvalue weighted by atomic mass is 9.58. The molecule has 33 heavy (non-hydrogen) atoms. The number of aliphatic hydroxyl groups excluding tert-OH is 2. The molecule has 0 aliphatic heterocycles. The lowest BCUT2D eigenvalue weighted by Crippen LogP contribution is -2.55. The molecule has 0 heterocycles. The van der Waals surface area contributed by atoms with Crippen LogP contribution in [0.5, 0.6) is 5.75 Å². The Bertz CT molecular complexity index is 908. The average Bonchev–Trinajstić information content (AvgIpc) is 3.04. The Labute approximate surface area is 196 Å². The van der Waals surface area contributed by atoms with Gasteiger partial charge in [0.1, 0.15) is 11.9 Å². The molecule has 0 radical (unpaired) electrons. The van der Waals surface area contributed by atoms with Crippen LogP contribution in [0, 0.1) is 22.7 Å². The van der Waals surface area contributed by atoms with Gasteiger partial charge < -0.3 is 24.8 Å². The number of benzene rings is 1. The number of fused-ring (bicyclic) bond motifs is 3. The zero-order valence-corrected chi connectivity index (χ0v) is 20.2. The Morgan fingerprint density at radius 2 is 1.76 bits per heavy atom. The summed E-state index contributed by atoms with van der Waals surface area (Å²) < 4.78 is 11.6. The average molecular weight is 459 g/mol. The van der Waals surface area contributed by atoms with E-state index in [0.717, 1.165) is 16.9 Å². The van der Waals surface area contributed by atoms with Crippen LogP contribution in [0.3, 0.4) is 0 Å². The van der Waals surface area contributed by atoms with Gasteiger partial charge in [-0.2, -0.15) is 0 Å². The molecule has 3 aliphatic carbocycles. The number of allylic oxidation sites excluding steroid dienone is 1. The number of carbonyl (C=O) groups is 1. The second kappa shape index (κ2) is 8.49. The molecule has 2 bridgehead atoms. The van der Waals surface area contributed by atoms with Gasteiger partial charge in [0.05, 0.1) is 36.9 Å². The van der Waals surface area contributed by atoms with Crippen LogP contribution in [0.15, 0.2) is 36.4 Å². The summed E-state index contributed by atoms with van der Waals surface area (Å²) >= 11 is 0. The van der Waals surface area contributed by atoms with E-state index in [0.29, 0.717) is 25.7 Å². The van der Waals surface area contributed by atoms with Crippen molar-refractivity contribution in [2.45, 2.75) is 83.4 Å². The molecule has 182 valence electrons. The summed E-state index contributed by atoms with van der Waals surface area (Å²) in [6.45, 7) is 10.1. The maximum absolute atomic E-state index is 14.3. The van der Waals surface area contributed by atoms with Crippen LogP contribution in [0.4, 0.5) is 0 Å². The van der Waals surface area contributed by atoms with Crippen molar-refractivity contribution in [3.63, 3.8) is 0 Å². The number of hydrogen-bond acceptors (Lipinski definition) is 6. The Kier molecular flexibility index (Phi) is 6.28. The predicted molar refractivity (Wildman–Crippen MR) is 125 cm³/mol. The van der Waals surface area contributed by atoms with Crippen LogP contribution in [0.2, 0.25) is 0 Å². The first kappa shape index (κ1) is 24.4. The summed E-state index contributed by atoms with van der Waals surface area (Å²) in [4.78, 5) is 14.3.